The zero-order valence-corrected chi connectivity index (χ0v) is 20.4. The third-order valence-corrected chi connectivity index (χ3v) is 6.76. The van der Waals surface area contributed by atoms with Crippen LogP contribution in [0.1, 0.15) is 32.9 Å². The van der Waals surface area contributed by atoms with Crippen molar-refractivity contribution in [1.82, 2.24) is 25.1 Å². The van der Waals surface area contributed by atoms with Gasteiger partial charge in [0.15, 0.2) is 5.82 Å². The first-order valence-corrected chi connectivity index (χ1v) is 12.3. The van der Waals surface area contributed by atoms with E-state index in [1.54, 1.807) is 21.9 Å². The summed E-state index contributed by atoms with van der Waals surface area (Å²) in [5.74, 6) is -2.13. The molecule has 7 nitrogen and oxygen atoms in total. The van der Waals surface area contributed by atoms with Crippen molar-refractivity contribution in [2.24, 2.45) is 0 Å². The van der Waals surface area contributed by atoms with Gasteiger partial charge in [-0.1, -0.05) is 30.3 Å². The molecule has 5 rings (SSSR count). The van der Waals surface area contributed by atoms with Crippen molar-refractivity contribution < 1.29 is 27.2 Å². The van der Waals surface area contributed by atoms with Gasteiger partial charge >= 0.3 is 0 Å². The van der Waals surface area contributed by atoms with E-state index in [4.69, 9.17) is 0 Å². The highest BCUT2D eigenvalue weighted by Crippen LogP contribution is 2.28. The van der Waals surface area contributed by atoms with E-state index in [1.165, 1.54) is 6.07 Å². The molecule has 38 heavy (non-hydrogen) atoms. The number of halogens is 4. The first-order chi connectivity index (χ1) is 18.3. The lowest BCUT2D eigenvalue weighted by molar-refractivity contribution is -0.132. The summed E-state index contributed by atoms with van der Waals surface area (Å²) in [6.45, 7) is 1.53. The minimum atomic E-state index is -2.39. The molecule has 0 bridgehead atoms. The normalized spacial score (nSPS) is 15.6. The Balaban J connectivity index is 1.30. The average molecular weight is 528 g/mol. The summed E-state index contributed by atoms with van der Waals surface area (Å²) in [5, 5.41) is 2.68. The van der Waals surface area contributed by atoms with Gasteiger partial charge in [-0.15, -0.1) is 0 Å². The number of carbonyl (C=O) groups is 2. The molecular weight excluding hydrogens is 502 g/mol. The summed E-state index contributed by atoms with van der Waals surface area (Å²) in [6.07, 6.45) is -1.99. The van der Waals surface area contributed by atoms with Gasteiger partial charge in [0.2, 0.25) is 5.91 Å². The highest BCUT2D eigenvalue weighted by molar-refractivity contribution is 5.99. The Bertz CT molecular complexity index is 1340. The minimum absolute atomic E-state index is 0.0729. The highest BCUT2D eigenvalue weighted by atomic mass is 19.3. The Morgan fingerprint density at radius 2 is 1.58 bits per heavy atom. The molecule has 2 amide bonds. The van der Waals surface area contributed by atoms with Crippen molar-refractivity contribution in [3.05, 3.63) is 82.2 Å². The maximum absolute atomic E-state index is 14.4. The second-order valence-electron chi connectivity index (χ2n) is 9.34. The third-order valence-electron chi connectivity index (χ3n) is 6.76. The Morgan fingerprint density at radius 1 is 0.921 bits per heavy atom. The van der Waals surface area contributed by atoms with Crippen molar-refractivity contribution in [1.29, 1.82) is 0 Å². The van der Waals surface area contributed by atoms with Gasteiger partial charge in [-0.2, -0.15) is 0 Å². The molecule has 2 aromatic carbocycles. The Morgan fingerprint density at radius 3 is 2.24 bits per heavy atom. The molecule has 11 heteroatoms. The number of hydrogen-bond acceptors (Lipinski definition) is 5. The summed E-state index contributed by atoms with van der Waals surface area (Å²) >= 11 is 0. The van der Waals surface area contributed by atoms with Gasteiger partial charge in [0.05, 0.1) is 42.0 Å². The lowest BCUT2D eigenvalue weighted by atomic mass is 10.0. The number of fused-ring (bicyclic) bond motifs is 1. The predicted octanol–water partition coefficient (Wildman–Crippen LogP) is 3.21. The van der Waals surface area contributed by atoms with E-state index < -0.39 is 18.1 Å². The summed E-state index contributed by atoms with van der Waals surface area (Å²) in [4.78, 5) is 37.1. The molecule has 198 valence electrons. The lowest BCUT2D eigenvalue weighted by Gasteiger charge is -2.34. The standard InChI is InChI=1S/C27H25F4N5O2/c28-18-2-1-3-19(29)24(18)26-33-20(25-21(34-26)14-32-27(25)38)12-16-4-6-17(7-5-16)13-23(37)36-10-8-35(9-11-36)15-22(30)31/h1-7,22H,8-15H2,(H,32,38). The summed E-state index contributed by atoms with van der Waals surface area (Å²) in [6, 6.07) is 10.7. The van der Waals surface area contributed by atoms with Crippen molar-refractivity contribution >= 4 is 11.8 Å². The van der Waals surface area contributed by atoms with Crippen LogP contribution in [0.15, 0.2) is 42.5 Å². The van der Waals surface area contributed by atoms with Crippen LogP contribution in [0.2, 0.25) is 0 Å². The van der Waals surface area contributed by atoms with E-state index >= 15 is 0 Å². The zero-order valence-electron chi connectivity index (χ0n) is 20.4. The number of alkyl halides is 2. The first kappa shape index (κ1) is 25.8. The number of benzene rings is 2. The predicted molar refractivity (Wildman–Crippen MR) is 131 cm³/mol. The van der Waals surface area contributed by atoms with Gasteiger partial charge in [-0.05, 0) is 23.3 Å². The number of rotatable bonds is 7. The average Bonchev–Trinajstić information content (AvgIpc) is 3.26. The van der Waals surface area contributed by atoms with Crippen LogP contribution in [0, 0.1) is 11.6 Å². The number of hydrogen-bond donors (Lipinski definition) is 1. The summed E-state index contributed by atoms with van der Waals surface area (Å²) < 4.78 is 54.0. The molecule has 0 spiro atoms. The fraction of sp³-hybridized carbons (Fsp3) is 0.333. The van der Waals surface area contributed by atoms with Crippen LogP contribution < -0.4 is 5.32 Å². The van der Waals surface area contributed by atoms with Crippen LogP contribution in [0.25, 0.3) is 11.4 Å². The van der Waals surface area contributed by atoms with Gasteiger partial charge in [0.1, 0.15) is 11.6 Å². The van der Waals surface area contributed by atoms with E-state index in [-0.39, 0.29) is 49.1 Å². The van der Waals surface area contributed by atoms with E-state index in [0.717, 1.165) is 23.3 Å². The second-order valence-corrected chi connectivity index (χ2v) is 9.34. The van der Waals surface area contributed by atoms with Crippen LogP contribution in [0.3, 0.4) is 0 Å². The summed E-state index contributed by atoms with van der Waals surface area (Å²) in [5.41, 5.74) is 2.27. The molecule has 0 atom stereocenters. The molecule has 2 aliphatic rings. The Labute approximate surface area is 216 Å². The van der Waals surface area contributed by atoms with Crippen molar-refractivity contribution in [2.75, 3.05) is 32.7 Å². The molecule has 0 unspecified atom stereocenters. The fourth-order valence-electron chi connectivity index (χ4n) is 4.78. The third kappa shape index (κ3) is 5.52. The van der Waals surface area contributed by atoms with Crippen LogP contribution in [-0.2, 0) is 24.2 Å². The molecule has 1 aromatic heterocycles. The topological polar surface area (TPSA) is 78.4 Å². The largest absolute Gasteiger partial charge is 0.346 e. The monoisotopic (exact) mass is 527 g/mol. The lowest BCUT2D eigenvalue weighted by Crippen LogP contribution is -2.50. The van der Waals surface area contributed by atoms with Gasteiger partial charge in [0, 0.05) is 32.6 Å². The maximum atomic E-state index is 14.4. The number of nitrogens with zero attached hydrogens (tertiary/aromatic N) is 4. The molecule has 3 aromatic rings. The quantitative estimate of drug-likeness (QED) is 0.478. The van der Waals surface area contributed by atoms with Gasteiger partial charge in [0.25, 0.3) is 12.3 Å². The fourth-order valence-corrected chi connectivity index (χ4v) is 4.78. The molecule has 0 radical (unpaired) electrons. The van der Waals surface area contributed by atoms with Gasteiger partial charge < -0.3 is 10.2 Å². The Hall–Kier alpha value is -3.86. The van der Waals surface area contributed by atoms with E-state index in [0.29, 0.717) is 43.1 Å². The minimum Gasteiger partial charge on any atom is -0.346 e. The molecule has 3 heterocycles. The van der Waals surface area contributed by atoms with E-state index in [9.17, 15) is 27.2 Å². The molecule has 0 saturated carbocycles. The summed E-state index contributed by atoms with van der Waals surface area (Å²) in [7, 11) is 0. The smallest absolute Gasteiger partial charge is 0.255 e. The van der Waals surface area contributed by atoms with Crippen LogP contribution in [-0.4, -0.2) is 70.7 Å². The first-order valence-electron chi connectivity index (χ1n) is 12.3. The SMILES string of the molecule is O=C1NCc2nc(-c3c(F)cccc3F)nc(Cc3ccc(CC(=O)N4CCN(CC(F)F)CC4)cc3)c21. The van der Waals surface area contributed by atoms with Crippen LogP contribution in [0.4, 0.5) is 17.6 Å². The van der Waals surface area contributed by atoms with E-state index in [1.807, 2.05) is 12.1 Å². The van der Waals surface area contributed by atoms with Crippen molar-refractivity contribution in [3.63, 3.8) is 0 Å². The van der Waals surface area contributed by atoms with E-state index in [2.05, 4.69) is 15.3 Å². The number of carbonyl (C=O) groups excluding carboxylic acids is 2. The number of aromatic nitrogens is 2. The highest BCUT2D eigenvalue weighted by Gasteiger charge is 2.28. The van der Waals surface area contributed by atoms with Crippen LogP contribution in [0.5, 0.6) is 0 Å². The molecule has 1 fully saturated rings. The zero-order chi connectivity index (χ0) is 26.8. The second kappa shape index (κ2) is 10.9. The number of amides is 2. The maximum Gasteiger partial charge on any atom is 0.255 e. The van der Waals surface area contributed by atoms with Crippen LogP contribution >= 0.6 is 0 Å². The molecule has 2 aliphatic heterocycles. The van der Waals surface area contributed by atoms with Gasteiger partial charge in [-0.25, -0.2) is 27.5 Å². The van der Waals surface area contributed by atoms with Crippen molar-refractivity contribution in [2.45, 2.75) is 25.8 Å². The molecule has 0 aliphatic carbocycles. The number of nitrogens with one attached hydrogen (secondary N) is 1. The molecular formula is C27H25F4N5O2. The molecule has 1 saturated heterocycles. The number of piperazine rings is 1. The van der Waals surface area contributed by atoms with Gasteiger partial charge in [-0.3, -0.25) is 14.5 Å². The Kier molecular flexibility index (Phi) is 7.37. The van der Waals surface area contributed by atoms with Crippen molar-refractivity contribution in [3.8, 4) is 11.4 Å². The molecule has 1 N–H and O–H groups in total.